The van der Waals surface area contributed by atoms with Gasteiger partial charge in [0, 0.05) is 11.5 Å². The Morgan fingerprint density at radius 2 is 1.37 bits per heavy atom. The first-order chi connectivity index (χ1) is 19.0. The lowest BCUT2D eigenvalue weighted by Gasteiger charge is -2.36. The van der Waals surface area contributed by atoms with E-state index in [1.807, 2.05) is 58.9 Å². The summed E-state index contributed by atoms with van der Waals surface area (Å²) in [5.74, 6) is -2.71. The summed E-state index contributed by atoms with van der Waals surface area (Å²) in [6.07, 6.45) is -0.234. The SMILES string of the molecule is CC(C)CCC(C(=O)NC(C)(C)C)[C@@H](O)[C@@H](NC(=O)[C@@H](C)CS(=O)(=O)C(C)c1ccccc1)C(N)c1ccccc1. The minimum atomic E-state index is -3.67. The lowest BCUT2D eigenvalue weighted by atomic mass is 9.83. The van der Waals surface area contributed by atoms with Crippen molar-refractivity contribution in [3.8, 4) is 0 Å². The normalized spacial score (nSPS) is 16.7. The highest BCUT2D eigenvalue weighted by atomic mass is 32.2. The van der Waals surface area contributed by atoms with E-state index in [2.05, 4.69) is 10.6 Å². The molecule has 0 spiro atoms. The summed E-state index contributed by atoms with van der Waals surface area (Å²) in [6, 6.07) is 16.0. The maximum atomic E-state index is 13.5. The van der Waals surface area contributed by atoms with Gasteiger partial charge in [-0.1, -0.05) is 87.9 Å². The van der Waals surface area contributed by atoms with E-state index in [1.54, 1.807) is 50.2 Å². The maximum Gasteiger partial charge on any atom is 0.226 e. The zero-order valence-corrected chi connectivity index (χ0v) is 26.3. The Morgan fingerprint density at radius 3 is 1.85 bits per heavy atom. The van der Waals surface area contributed by atoms with Gasteiger partial charge in [0.2, 0.25) is 11.8 Å². The van der Waals surface area contributed by atoms with Crippen LogP contribution in [0.2, 0.25) is 0 Å². The molecule has 3 unspecified atom stereocenters. The van der Waals surface area contributed by atoms with Crippen LogP contribution in [0, 0.1) is 17.8 Å². The minimum absolute atomic E-state index is 0.291. The van der Waals surface area contributed by atoms with E-state index in [1.165, 1.54) is 0 Å². The highest BCUT2D eigenvalue weighted by Gasteiger charge is 2.39. The molecular weight excluding hydrogens is 538 g/mol. The second-order valence-corrected chi connectivity index (χ2v) is 14.9. The number of hydrogen-bond acceptors (Lipinski definition) is 6. The number of nitrogens with one attached hydrogen (secondary N) is 2. The van der Waals surface area contributed by atoms with E-state index in [0.29, 0.717) is 29.9 Å². The summed E-state index contributed by atoms with van der Waals surface area (Å²) < 4.78 is 26.4. The Kier molecular flexibility index (Phi) is 12.5. The minimum Gasteiger partial charge on any atom is -0.390 e. The molecule has 41 heavy (non-hydrogen) atoms. The number of hydrogen-bond donors (Lipinski definition) is 4. The molecule has 0 saturated heterocycles. The van der Waals surface area contributed by atoms with Crippen molar-refractivity contribution >= 4 is 21.7 Å². The van der Waals surface area contributed by atoms with Crippen molar-refractivity contribution in [1.82, 2.24) is 10.6 Å². The summed E-state index contributed by atoms with van der Waals surface area (Å²) in [7, 11) is -3.67. The summed E-state index contributed by atoms with van der Waals surface area (Å²) in [4.78, 5) is 26.9. The standard InChI is InChI=1S/C32H49N3O5S/c1-21(2)18-19-26(31(38)35-32(5,6)7)29(36)28(27(33)25-16-12-9-13-17-25)34-30(37)22(3)20-41(39,40)23(4)24-14-10-8-11-15-24/h8-17,21-23,26-29,36H,18-20,33H2,1-7H3,(H,34,37)(H,35,38)/t22-,23?,26?,27?,28-,29+/m0/s1. The van der Waals surface area contributed by atoms with Gasteiger partial charge in [-0.3, -0.25) is 9.59 Å². The first-order valence-corrected chi connectivity index (χ1v) is 16.1. The van der Waals surface area contributed by atoms with Crippen LogP contribution in [0.5, 0.6) is 0 Å². The molecule has 8 nitrogen and oxygen atoms in total. The molecule has 2 aromatic carbocycles. The number of aliphatic hydroxyl groups is 1. The number of carbonyl (C=O) groups is 2. The number of benzene rings is 2. The third-order valence-electron chi connectivity index (χ3n) is 7.29. The fourth-order valence-electron chi connectivity index (χ4n) is 4.76. The van der Waals surface area contributed by atoms with Crippen molar-refractivity contribution in [3.63, 3.8) is 0 Å². The molecule has 0 bridgehead atoms. The Morgan fingerprint density at radius 1 is 0.854 bits per heavy atom. The average molecular weight is 588 g/mol. The molecule has 9 heteroatoms. The largest absolute Gasteiger partial charge is 0.390 e. The predicted molar refractivity (Wildman–Crippen MR) is 165 cm³/mol. The first kappa shape index (κ1) is 34.5. The first-order valence-electron chi connectivity index (χ1n) is 14.4. The van der Waals surface area contributed by atoms with Gasteiger partial charge in [-0.25, -0.2) is 8.42 Å². The van der Waals surface area contributed by atoms with Crippen LogP contribution in [0.4, 0.5) is 0 Å². The Labute approximate surface area is 246 Å². The fourth-order valence-corrected chi connectivity index (χ4v) is 6.47. The highest BCUT2D eigenvalue weighted by molar-refractivity contribution is 7.91. The third kappa shape index (κ3) is 10.5. The summed E-state index contributed by atoms with van der Waals surface area (Å²) >= 11 is 0. The van der Waals surface area contributed by atoms with Gasteiger partial charge in [-0.2, -0.15) is 0 Å². The summed E-state index contributed by atoms with van der Waals surface area (Å²) in [5.41, 5.74) is 7.44. The van der Waals surface area contributed by atoms with Gasteiger partial charge in [0.1, 0.15) is 0 Å². The summed E-state index contributed by atoms with van der Waals surface area (Å²) in [6.45, 7) is 12.8. The van der Waals surface area contributed by atoms with Gasteiger partial charge < -0.3 is 21.5 Å². The average Bonchev–Trinajstić information content (AvgIpc) is 2.90. The maximum absolute atomic E-state index is 13.5. The molecule has 2 rings (SSSR count). The Balaban J connectivity index is 2.36. The number of nitrogens with two attached hydrogens (primary N) is 1. The fraction of sp³-hybridized carbons (Fsp3) is 0.562. The monoisotopic (exact) mass is 587 g/mol. The number of aliphatic hydroxyl groups excluding tert-OH is 1. The van der Waals surface area contributed by atoms with Crippen LogP contribution in [0.25, 0.3) is 0 Å². The van der Waals surface area contributed by atoms with Gasteiger partial charge in [0.05, 0.1) is 35.1 Å². The van der Waals surface area contributed by atoms with Crippen LogP contribution in [0.1, 0.15) is 83.7 Å². The topological polar surface area (TPSA) is 139 Å². The van der Waals surface area contributed by atoms with Crippen LogP contribution in [-0.2, 0) is 19.4 Å². The van der Waals surface area contributed by atoms with Crippen LogP contribution in [0.15, 0.2) is 60.7 Å². The summed E-state index contributed by atoms with van der Waals surface area (Å²) in [5, 5.41) is 16.7. The van der Waals surface area contributed by atoms with Crippen molar-refractivity contribution in [2.24, 2.45) is 23.5 Å². The van der Waals surface area contributed by atoms with Crippen LogP contribution in [-0.4, -0.2) is 48.8 Å². The second kappa shape index (κ2) is 14.9. The Bertz CT molecular complexity index is 1210. The lowest BCUT2D eigenvalue weighted by Crippen LogP contribution is -2.57. The number of rotatable bonds is 14. The molecular formula is C32H49N3O5S. The van der Waals surface area contributed by atoms with E-state index >= 15 is 0 Å². The van der Waals surface area contributed by atoms with Crippen LogP contribution >= 0.6 is 0 Å². The van der Waals surface area contributed by atoms with Gasteiger partial charge in [0.15, 0.2) is 9.84 Å². The molecule has 0 fully saturated rings. The molecule has 5 N–H and O–H groups in total. The predicted octanol–water partition coefficient (Wildman–Crippen LogP) is 4.31. The van der Waals surface area contributed by atoms with E-state index in [0.717, 1.165) is 0 Å². The van der Waals surface area contributed by atoms with E-state index < -0.39 is 56.6 Å². The molecule has 0 radical (unpaired) electrons. The zero-order chi connectivity index (χ0) is 31.0. The highest BCUT2D eigenvalue weighted by Crippen LogP contribution is 2.27. The van der Waals surface area contributed by atoms with Crippen molar-refractivity contribution in [2.75, 3.05) is 5.75 Å². The zero-order valence-electron chi connectivity index (χ0n) is 25.5. The van der Waals surface area contributed by atoms with Crippen LogP contribution < -0.4 is 16.4 Å². The van der Waals surface area contributed by atoms with Crippen molar-refractivity contribution in [1.29, 1.82) is 0 Å². The number of amides is 2. The third-order valence-corrected chi connectivity index (χ3v) is 9.60. The van der Waals surface area contributed by atoms with E-state index in [9.17, 15) is 23.1 Å². The molecule has 0 saturated carbocycles. The van der Waals surface area contributed by atoms with Gasteiger partial charge in [-0.15, -0.1) is 0 Å². The molecule has 6 atom stereocenters. The van der Waals surface area contributed by atoms with E-state index in [4.69, 9.17) is 5.73 Å². The second-order valence-electron chi connectivity index (χ2n) is 12.6. The lowest BCUT2D eigenvalue weighted by molar-refractivity contribution is -0.134. The Hall–Kier alpha value is -2.75. The molecule has 2 amide bonds. The molecule has 0 aliphatic carbocycles. The molecule has 0 heterocycles. The quantitative estimate of drug-likeness (QED) is 0.260. The number of carbonyl (C=O) groups excluding carboxylic acids is 2. The van der Waals surface area contributed by atoms with Crippen molar-refractivity contribution < 1.29 is 23.1 Å². The van der Waals surface area contributed by atoms with Gasteiger partial charge in [-0.05, 0) is 51.2 Å². The molecule has 2 aromatic rings. The molecule has 0 aliphatic rings. The van der Waals surface area contributed by atoms with Gasteiger partial charge >= 0.3 is 0 Å². The van der Waals surface area contributed by atoms with Crippen molar-refractivity contribution in [3.05, 3.63) is 71.8 Å². The smallest absolute Gasteiger partial charge is 0.226 e. The van der Waals surface area contributed by atoms with E-state index in [-0.39, 0.29) is 11.7 Å². The van der Waals surface area contributed by atoms with Crippen LogP contribution in [0.3, 0.4) is 0 Å². The molecule has 228 valence electrons. The van der Waals surface area contributed by atoms with Crippen molar-refractivity contribution in [2.45, 2.75) is 90.3 Å². The van der Waals surface area contributed by atoms with Gasteiger partial charge in [0.25, 0.3) is 0 Å². The molecule has 0 aliphatic heterocycles. The molecule has 0 aromatic heterocycles. The number of sulfone groups is 1.